The minimum atomic E-state index is -0.619. The zero-order valence-corrected chi connectivity index (χ0v) is 11.0. The van der Waals surface area contributed by atoms with Crippen molar-refractivity contribution in [2.75, 3.05) is 19.7 Å². The van der Waals surface area contributed by atoms with E-state index in [1.165, 1.54) is 11.3 Å². The molecule has 1 rings (SSSR count). The second-order valence-electron chi connectivity index (χ2n) is 3.52. The third kappa shape index (κ3) is 5.90. The molecule has 1 aromatic rings. The number of aliphatic hydroxyl groups excluding tert-OH is 1. The molecule has 0 aliphatic carbocycles. The van der Waals surface area contributed by atoms with Crippen LogP contribution in [0, 0.1) is 11.8 Å². The van der Waals surface area contributed by atoms with Gasteiger partial charge in [0, 0.05) is 24.9 Å². The Balaban J connectivity index is 2.41. The Morgan fingerprint density at radius 2 is 2.11 bits per heavy atom. The molecule has 0 atom stereocenters. The molecule has 0 spiro atoms. The molecular weight excluding hydrogens is 266 g/mol. The standard InChI is InChI=1S/C12H15N3O3S/c13-12(18)15-5-4-14-11(17)9-7-10(19-8-9)3-1-2-6-16/h7-8,16H,2,4-6H2,(H,14,17)(H3,13,15,18). The van der Waals surface area contributed by atoms with Crippen molar-refractivity contribution in [1.29, 1.82) is 0 Å². The zero-order valence-electron chi connectivity index (χ0n) is 10.2. The Bertz CT molecular complexity index is 502. The van der Waals surface area contributed by atoms with E-state index < -0.39 is 6.03 Å². The molecule has 0 unspecified atom stereocenters. The molecule has 102 valence electrons. The number of aliphatic hydroxyl groups is 1. The fourth-order valence-electron chi connectivity index (χ4n) is 1.19. The molecule has 0 aromatic carbocycles. The van der Waals surface area contributed by atoms with E-state index in [2.05, 4.69) is 22.5 Å². The number of amides is 3. The molecule has 1 aromatic heterocycles. The molecule has 0 saturated heterocycles. The number of hydrogen-bond donors (Lipinski definition) is 4. The number of rotatable bonds is 5. The number of nitrogens with one attached hydrogen (secondary N) is 2. The van der Waals surface area contributed by atoms with Crippen molar-refractivity contribution in [1.82, 2.24) is 10.6 Å². The highest BCUT2D eigenvalue weighted by atomic mass is 32.1. The molecule has 0 saturated carbocycles. The Morgan fingerprint density at radius 3 is 2.79 bits per heavy atom. The summed E-state index contributed by atoms with van der Waals surface area (Å²) in [6.07, 6.45) is 0.415. The third-order valence-electron chi connectivity index (χ3n) is 2.02. The molecule has 0 radical (unpaired) electrons. The number of primary amides is 1. The Labute approximate surface area is 115 Å². The van der Waals surface area contributed by atoms with Gasteiger partial charge in [-0.05, 0) is 6.07 Å². The van der Waals surface area contributed by atoms with Gasteiger partial charge in [0.25, 0.3) is 5.91 Å². The number of carbonyl (C=O) groups is 2. The van der Waals surface area contributed by atoms with Gasteiger partial charge >= 0.3 is 6.03 Å². The monoisotopic (exact) mass is 281 g/mol. The van der Waals surface area contributed by atoms with Gasteiger partial charge < -0.3 is 21.5 Å². The van der Waals surface area contributed by atoms with Crippen LogP contribution in [0.1, 0.15) is 21.7 Å². The van der Waals surface area contributed by atoms with E-state index in [1.54, 1.807) is 11.4 Å². The van der Waals surface area contributed by atoms with Gasteiger partial charge in [0.15, 0.2) is 0 Å². The summed E-state index contributed by atoms with van der Waals surface area (Å²) in [6.45, 7) is 0.621. The summed E-state index contributed by atoms with van der Waals surface area (Å²) < 4.78 is 0. The van der Waals surface area contributed by atoms with Crippen molar-refractivity contribution < 1.29 is 14.7 Å². The van der Waals surface area contributed by atoms with Crippen LogP contribution in [0.15, 0.2) is 11.4 Å². The highest BCUT2D eigenvalue weighted by Crippen LogP contribution is 2.13. The fourth-order valence-corrected chi connectivity index (χ4v) is 1.95. The fraction of sp³-hybridized carbons (Fsp3) is 0.333. The van der Waals surface area contributed by atoms with Crippen LogP contribution in [0.3, 0.4) is 0 Å². The molecule has 19 heavy (non-hydrogen) atoms. The van der Waals surface area contributed by atoms with Crippen LogP contribution < -0.4 is 16.4 Å². The number of thiophene rings is 1. The second-order valence-corrected chi connectivity index (χ2v) is 4.43. The molecule has 7 heteroatoms. The molecule has 3 amide bonds. The van der Waals surface area contributed by atoms with Crippen molar-refractivity contribution >= 4 is 23.3 Å². The van der Waals surface area contributed by atoms with Gasteiger partial charge in [-0.1, -0.05) is 11.8 Å². The molecule has 0 fully saturated rings. The summed E-state index contributed by atoms with van der Waals surface area (Å²) in [4.78, 5) is 22.9. The van der Waals surface area contributed by atoms with E-state index in [0.717, 1.165) is 4.88 Å². The lowest BCUT2D eigenvalue weighted by molar-refractivity contribution is 0.0954. The summed E-state index contributed by atoms with van der Waals surface area (Å²) in [5.41, 5.74) is 5.41. The Hall–Kier alpha value is -2.04. The molecule has 6 nitrogen and oxygen atoms in total. The van der Waals surface area contributed by atoms with E-state index in [1.807, 2.05) is 0 Å². The van der Waals surface area contributed by atoms with Gasteiger partial charge in [-0.15, -0.1) is 11.3 Å². The number of urea groups is 1. The first kappa shape index (κ1) is 15.0. The average Bonchev–Trinajstić information content (AvgIpc) is 2.83. The van der Waals surface area contributed by atoms with E-state index in [0.29, 0.717) is 18.5 Å². The predicted molar refractivity (Wildman–Crippen MR) is 72.8 cm³/mol. The van der Waals surface area contributed by atoms with Crippen LogP contribution in [-0.4, -0.2) is 36.7 Å². The zero-order chi connectivity index (χ0) is 14.1. The van der Waals surface area contributed by atoms with Gasteiger partial charge in [0.05, 0.1) is 17.0 Å². The molecule has 0 bridgehead atoms. The predicted octanol–water partition coefficient (Wildman–Crippen LogP) is -0.120. The summed E-state index contributed by atoms with van der Waals surface area (Å²) in [7, 11) is 0. The summed E-state index contributed by atoms with van der Waals surface area (Å²) in [5, 5.41) is 15.3. The first-order valence-electron chi connectivity index (χ1n) is 5.63. The first-order chi connectivity index (χ1) is 9.13. The summed E-state index contributed by atoms with van der Waals surface area (Å²) >= 11 is 1.37. The second kappa shape index (κ2) is 8.13. The first-order valence-corrected chi connectivity index (χ1v) is 6.51. The quantitative estimate of drug-likeness (QED) is 0.447. The topological polar surface area (TPSA) is 104 Å². The number of hydrogen-bond acceptors (Lipinski definition) is 4. The van der Waals surface area contributed by atoms with Crippen LogP contribution in [-0.2, 0) is 0 Å². The lowest BCUT2D eigenvalue weighted by atomic mass is 10.3. The summed E-state index contributed by atoms with van der Waals surface area (Å²) in [5.74, 6) is 5.42. The van der Waals surface area contributed by atoms with Crippen molar-refractivity contribution in [3.8, 4) is 11.8 Å². The van der Waals surface area contributed by atoms with Crippen molar-refractivity contribution in [3.05, 3.63) is 21.9 Å². The lowest BCUT2D eigenvalue weighted by Gasteiger charge is -2.03. The maximum Gasteiger partial charge on any atom is 0.312 e. The van der Waals surface area contributed by atoms with Crippen LogP contribution >= 0.6 is 11.3 Å². The van der Waals surface area contributed by atoms with E-state index >= 15 is 0 Å². The van der Waals surface area contributed by atoms with E-state index in [-0.39, 0.29) is 19.1 Å². The lowest BCUT2D eigenvalue weighted by Crippen LogP contribution is -2.37. The molecule has 1 heterocycles. The van der Waals surface area contributed by atoms with E-state index in [4.69, 9.17) is 10.8 Å². The van der Waals surface area contributed by atoms with E-state index in [9.17, 15) is 9.59 Å². The normalized spacial score (nSPS) is 9.32. The largest absolute Gasteiger partial charge is 0.395 e. The maximum absolute atomic E-state index is 11.7. The third-order valence-corrected chi connectivity index (χ3v) is 2.87. The van der Waals surface area contributed by atoms with Gasteiger partial charge in [-0.2, -0.15) is 0 Å². The molecule has 0 aliphatic heterocycles. The van der Waals surface area contributed by atoms with Crippen molar-refractivity contribution in [2.24, 2.45) is 5.73 Å². The van der Waals surface area contributed by atoms with Crippen LogP contribution in [0.2, 0.25) is 0 Å². The molecule has 0 aliphatic rings. The van der Waals surface area contributed by atoms with Crippen molar-refractivity contribution in [3.63, 3.8) is 0 Å². The van der Waals surface area contributed by atoms with Gasteiger partial charge in [0.2, 0.25) is 0 Å². The smallest absolute Gasteiger partial charge is 0.312 e. The highest BCUT2D eigenvalue weighted by molar-refractivity contribution is 7.10. The Morgan fingerprint density at radius 1 is 1.37 bits per heavy atom. The maximum atomic E-state index is 11.7. The minimum absolute atomic E-state index is 0.0264. The van der Waals surface area contributed by atoms with Crippen LogP contribution in [0.5, 0.6) is 0 Å². The Kier molecular flexibility index (Phi) is 6.43. The highest BCUT2D eigenvalue weighted by Gasteiger charge is 2.07. The van der Waals surface area contributed by atoms with Crippen LogP contribution in [0.25, 0.3) is 0 Å². The average molecular weight is 281 g/mol. The van der Waals surface area contributed by atoms with Gasteiger partial charge in [-0.3, -0.25) is 4.79 Å². The van der Waals surface area contributed by atoms with Gasteiger partial charge in [-0.25, -0.2) is 4.79 Å². The minimum Gasteiger partial charge on any atom is -0.395 e. The van der Waals surface area contributed by atoms with Gasteiger partial charge in [0.1, 0.15) is 0 Å². The van der Waals surface area contributed by atoms with Crippen LogP contribution in [0.4, 0.5) is 4.79 Å². The van der Waals surface area contributed by atoms with Crippen molar-refractivity contribution in [2.45, 2.75) is 6.42 Å². The summed E-state index contributed by atoms with van der Waals surface area (Å²) in [6, 6.07) is 1.07. The number of nitrogens with two attached hydrogens (primary N) is 1. The molecule has 5 N–H and O–H groups in total. The molecular formula is C12H15N3O3S. The SMILES string of the molecule is NC(=O)NCCNC(=O)c1csc(C#CCCO)c1. The number of carbonyl (C=O) groups excluding carboxylic acids is 2.